The molecule has 24 heavy (non-hydrogen) atoms. The van der Waals surface area contributed by atoms with Gasteiger partial charge >= 0.3 is 0 Å². The molecule has 0 bridgehead atoms. The van der Waals surface area contributed by atoms with Crippen molar-refractivity contribution in [1.82, 2.24) is 19.5 Å². The minimum absolute atomic E-state index is 0.0750. The lowest BCUT2D eigenvalue weighted by atomic mass is 9.93. The molecule has 128 valence electrons. The highest BCUT2D eigenvalue weighted by Gasteiger charge is 2.57. The molecule has 1 aliphatic rings. The smallest absolute Gasteiger partial charge is 0.279 e. The number of ether oxygens (including phenoxy) is 1. The molecule has 3 heterocycles. The molecule has 9 heteroatoms. The van der Waals surface area contributed by atoms with E-state index in [0.29, 0.717) is 5.82 Å². The summed E-state index contributed by atoms with van der Waals surface area (Å²) in [6.45, 7) is 4.56. The number of imidazole rings is 1. The van der Waals surface area contributed by atoms with Crippen molar-refractivity contribution in [1.29, 1.82) is 0 Å². The molecule has 0 aromatic carbocycles. The SMILES string of the molecule is CC#CC1(O)[C@@H](O)[C@@H]([C@@H](C)O)O[C@H]1n1cnc2c(=O)[nH]c(C)nc21. The summed E-state index contributed by atoms with van der Waals surface area (Å²) in [5.41, 5.74) is -2.14. The zero-order valence-corrected chi connectivity index (χ0v) is 13.4. The Bertz CT molecular complexity index is 893. The molecule has 0 amide bonds. The Morgan fingerprint density at radius 1 is 1.54 bits per heavy atom. The van der Waals surface area contributed by atoms with Crippen molar-refractivity contribution < 1.29 is 20.1 Å². The molecule has 1 aliphatic heterocycles. The first-order valence-corrected chi connectivity index (χ1v) is 7.41. The van der Waals surface area contributed by atoms with Gasteiger partial charge in [0.05, 0.1) is 12.4 Å². The Balaban J connectivity index is 2.20. The first-order valence-electron chi connectivity index (χ1n) is 7.41. The third-order valence-corrected chi connectivity index (χ3v) is 4.03. The molecule has 2 aromatic heterocycles. The van der Waals surface area contributed by atoms with Crippen LogP contribution < -0.4 is 5.56 Å². The lowest BCUT2D eigenvalue weighted by Gasteiger charge is -2.26. The molecule has 1 saturated heterocycles. The predicted octanol–water partition coefficient (Wildman–Crippen LogP) is -1.18. The zero-order valence-electron chi connectivity index (χ0n) is 13.4. The molecule has 5 atom stereocenters. The van der Waals surface area contributed by atoms with E-state index in [1.54, 1.807) is 6.92 Å². The van der Waals surface area contributed by atoms with Gasteiger partial charge in [0.25, 0.3) is 5.56 Å². The molecule has 2 aromatic rings. The fraction of sp³-hybridized carbons (Fsp3) is 0.533. The Labute approximate surface area is 136 Å². The molecule has 0 aliphatic carbocycles. The van der Waals surface area contributed by atoms with Crippen LogP contribution in [0.2, 0.25) is 0 Å². The Morgan fingerprint density at radius 2 is 2.25 bits per heavy atom. The van der Waals surface area contributed by atoms with Crippen LogP contribution in [0.5, 0.6) is 0 Å². The molecule has 1 fully saturated rings. The molecule has 3 rings (SSSR count). The second-order valence-electron chi connectivity index (χ2n) is 5.81. The molecule has 1 unspecified atom stereocenters. The van der Waals surface area contributed by atoms with E-state index < -0.39 is 35.7 Å². The number of H-pyrrole nitrogens is 1. The van der Waals surface area contributed by atoms with Gasteiger partial charge in [-0.2, -0.15) is 0 Å². The van der Waals surface area contributed by atoms with Crippen LogP contribution in [0, 0.1) is 18.8 Å². The largest absolute Gasteiger partial charge is 0.391 e. The molecular formula is C15H18N4O5. The first-order chi connectivity index (χ1) is 11.3. The van der Waals surface area contributed by atoms with Gasteiger partial charge in [0.1, 0.15) is 18.0 Å². The molecular weight excluding hydrogens is 316 g/mol. The molecule has 9 nitrogen and oxygen atoms in total. The van der Waals surface area contributed by atoms with Crippen molar-refractivity contribution in [3.05, 3.63) is 22.5 Å². The summed E-state index contributed by atoms with van der Waals surface area (Å²) in [6, 6.07) is 0. The zero-order chi connectivity index (χ0) is 17.6. The highest BCUT2D eigenvalue weighted by atomic mass is 16.6. The van der Waals surface area contributed by atoms with Crippen LogP contribution in [0.4, 0.5) is 0 Å². The van der Waals surface area contributed by atoms with Crippen molar-refractivity contribution >= 4 is 11.2 Å². The maximum Gasteiger partial charge on any atom is 0.279 e. The number of hydrogen-bond acceptors (Lipinski definition) is 7. The minimum atomic E-state index is -1.98. The topological polar surface area (TPSA) is 133 Å². The summed E-state index contributed by atoms with van der Waals surface area (Å²) < 4.78 is 6.99. The normalized spacial score (nSPS) is 31.0. The van der Waals surface area contributed by atoms with Crippen LogP contribution in [-0.4, -0.2) is 58.8 Å². The summed E-state index contributed by atoms with van der Waals surface area (Å²) in [5.74, 6) is 5.47. The highest BCUT2D eigenvalue weighted by molar-refractivity contribution is 5.69. The number of aromatic nitrogens is 4. The quantitative estimate of drug-likeness (QED) is 0.508. The Kier molecular flexibility index (Phi) is 3.93. The molecule has 0 saturated carbocycles. The number of nitrogens with one attached hydrogen (secondary N) is 1. The monoisotopic (exact) mass is 334 g/mol. The van der Waals surface area contributed by atoms with E-state index in [-0.39, 0.29) is 11.2 Å². The Hall–Kier alpha value is -2.25. The van der Waals surface area contributed by atoms with Gasteiger partial charge in [0.15, 0.2) is 23.0 Å². The van der Waals surface area contributed by atoms with Crippen molar-refractivity contribution in [3.8, 4) is 11.8 Å². The van der Waals surface area contributed by atoms with Crippen LogP contribution in [0.3, 0.4) is 0 Å². The third-order valence-electron chi connectivity index (χ3n) is 4.03. The number of aliphatic hydroxyl groups is 3. The van der Waals surface area contributed by atoms with Crippen LogP contribution >= 0.6 is 0 Å². The van der Waals surface area contributed by atoms with E-state index in [0.717, 1.165) is 0 Å². The average molecular weight is 334 g/mol. The number of aryl methyl sites for hydroxylation is 1. The number of aliphatic hydroxyl groups excluding tert-OH is 2. The maximum atomic E-state index is 12.0. The second kappa shape index (κ2) is 5.68. The van der Waals surface area contributed by atoms with Gasteiger partial charge in [-0.05, 0) is 20.8 Å². The Morgan fingerprint density at radius 3 is 2.88 bits per heavy atom. The number of nitrogens with zero attached hydrogens (tertiary/aromatic N) is 3. The number of fused-ring (bicyclic) bond motifs is 1. The summed E-state index contributed by atoms with van der Waals surface area (Å²) in [4.78, 5) is 22.7. The lowest BCUT2D eigenvalue weighted by Crippen LogP contribution is -2.47. The van der Waals surface area contributed by atoms with Crippen molar-refractivity contribution in [2.45, 2.75) is 50.9 Å². The standard InChI is InChI=1S/C15H18N4O5/c1-4-5-15(23)11(21)10(7(2)20)24-14(15)19-6-16-9-12(19)17-8(3)18-13(9)22/h6-7,10-11,14,20-21,23H,1-3H3,(H,17,18,22)/t7-,10-,11+,14-,15?/m1/s1. The van der Waals surface area contributed by atoms with Crippen LogP contribution in [0.25, 0.3) is 11.2 Å². The summed E-state index contributed by atoms with van der Waals surface area (Å²) >= 11 is 0. The van der Waals surface area contributed by atoms with Crippen LogP contribution in [-0.2, 0) is 4.74 Å². The average Bonchev–Trinajstić information content (AvgIpc) is 3.00. The number of rotatable bonds is 2. The van der Waals surface area contributed by atoms with Gasteiger partial charge in [-0.3, -0.25) is 9.36 Å². The lowest BCUT2D eigenvalue weighted by molar-refractivity contribution is -0.0847. The van der Waals surface area contributed by atoms with Gasteiger partial charge in [-0.25, -0.2) is 9.97 Å². The van der Waals surface area contributed by atoms with Gasteiger partial charge in [-0.1, -0.05) is 5.92 Å². The van der Waals surface area contributed by atoms with Gasteiger partial charge in [0.2, 0.25) is 0 Å². The number of aromatic amines is 1. The van der Waals surface area contributed by atoms with E-state index in [4.69, 9.17) is 4.74 Å². The predicted molar refractivity (Wildman–Crippen MR) is 82.9 cm³/mol. The van der Waals surface area contributed by atoms with E-state index in [2.05, 4.69) is 26.8 Å². The molecule has 4 N–H and O–H groups in total. The third kappa shape index (κ3) is 2.32. The second-order valence-corrected chi connectivity index (χ2v) is 5.81. The highest BCUT2D eigenvalue weighted by Crippen LogP contribution is 2.40. The molecule has 0 radical (unpaired) electrons. The fourth-order valence-corrected chi connectivity index (χ4v) is 2.92. The van der Waals surface area contributed by atoms with Gasteiger partial charge in [0, 0.05) is 0 Å². The van der Waals surface area contributed by atoms with Crippen molar-refractivity contribution in [3.63, 3.8) is 0 Å². The van der Waals surface area contributed by atoms with Crippen molar-refractivity contribution in [2.24, 2.45) is 0 Å². The first kappa shape index (κ1) is 16.6. The summed E-state index contributed by atoms with van der Waals surface area (Å²) in [5, 5.41) is 31.1. The van der Waals surface area contributed by atoms with E-state index >= 15 is 0 Å². The van der Waals surface area contributed by atoms with E-state index in [1.807, 2.05) is 0 Å². The maximum absolute atomic E-state index is 12.0. The van der Waals surface area contributed by atoms with Crippen LogP contribution in [0.15, 0.2) is 11.1 Å². The van der Waals surface area contributed by atoms with Gasteiger partial charge in [-0.15, -0.1) is 5.92 Å². The van der Waals surface area contributed by atoms with E-state index in [9.17, 15) is 20.1 Å². The fourth-order valence-electron chi connectivity index (χ4n) is 2.92. The van der Waals surface area contributed by atoms with Crippen molar-refractivity contribution in [2.75, 3.05) is 0 Å². The number of hydrogen-bond donors (Lipinski definition) is 4. The van der Waals surface area contributed by atoms with Crippen LogP contribution in [0.1, 0.15) is 25.9 Å². The van der Waals surface area contributed by atoms with Gasteiger partial charge < -0.3 is 25.0 Å². The molecule has 0 spiro atoms. The summed E-state index contributed by atoms with van der Waals surface area (Å²) in [6.07, 6.45) is -3.44. The minimum Gasteiger partial charge on any atom is -0.391 e. The van der Waals surface area contributed by atoms with E-state index in [1.165, 1.54) is 24.7 Å². The summed E-state index contributed by atoms with van der Waals surface area (Å²) in [7, 11) is 0.